The van der Waals surface area contributed by atoms with Crippen molar-refractivity contribution in [3.8, 4) is 0 Å². The quantitative estimate of drug-likeness (QED) is 0.796. The van der Waals surface area contributed by atoms with Crippen LogP contribution in [0.1, 0.15) is 45.1 Å². The Morgan fingerprint density at radius 1 is 1.24 bits per heavy atom. The lowest BCUT2D eigenvalue weighted by Gasteiger charge is -2.29. The maximum Gasteiger partial charge on any atom is 0.213 e. The zero-order valence-corrected chi connectivity index (χ0v) is 16.7. The minimum absolute atomic E-state index is 0.367. The molecule has 0 spiro atoms. The average molecular weight is 382 g/mol. The number of aryl methyl sites for hydroxylation is 1. The van der Waals surface area contributed by atoms with E-state index in [4.69, 9.17) is 4.98 Å². The fraction of sp³-hybridized carbons (Fsp3) is 0.611. The molecule has 0 radical (unpaired) electrons. The number of fused-ring (bicyclic) bond motifs is 1. The number of aromatic nitrogens is 1. The Kier molecular flexibility index (Phi) is 5.65. The zero-order chi connectivity index (χ0) is 18.0. The van der Waals surface area contributed by atoms with Crippen LogP contribution in [0.3, 0.4) is 0 Å². The Bertz CT molecular complexity index is 822. The number of benzene rings is 1. The van der Waals surface area contributed by atoms with Gasteiger partial charge in [0.1, 0.15) is 0 Å². The molecule has 3 rings (SSSR count). The van der Waals surface area contributed by atoms with Crippen LogP contribution < -0.4 is 10.0 Å². The van der Waals surface area contributed by atoms with Crippen molar-refractivity contribution in [3.05, 3.63) is 23.8 Å². The lowest BCUT2D eigenvalue weighted by Crippen LogP contribution is -2.37. The Morgan fingerprint density at radius 2 is 1.96 bits per heavy atom. The molecule has 25 heavy (non-hydrogen) atoms. The van der Waals surface area contributed by atoms with E-state index in [1.165, 1.54) is 10.3 Å². The summed E-state index contributed by atoms with van der Waals surface area (Å²) in [5, 5.41) is 4.19. The van der Waals surface area contributed by atoms with Crippen molar-refractivity contribution in [1.82, 2.24) is 9.71 Å². The maximum atomic E-state index is 11.9. The summed E-state index contributed by atoms with van der Waals surface area (Å²) in [6.45, 7) is 6.07. The largest absolute Gasteiger partial charge is 0.359 e. The number of anilines is 1. The number of nitrogens with zero attached hydrogens (tertiary/aromatic N) is 1. The van der Waals surface area contributed by atoms with Gasteiger partial charge in [0.15, 0.2) is 5.13 Å². The van der Waals surface area contributed by atoms with E-state index in [-0.39, 0.29) is 5.25 Å². The van der Waals surface area contributed by atoms with E-state index in [0.29, 0.717) is 18.5 Å². The number of hydrogen-bond donors (Lipinski definition) is 2. The molecule has 1 aliphatic rings. The van der Waals surface area contributed by atoms with Crippen molar-refractivity contribution < 1.29 is 8.42 Å². The van der Waals surface area contributed by atoms with Crippen LogP contribution in [0.5, 0.6) is 0 Å². The highest BCUT2D eigenvalue weighted by molar-refractivity contribution is 7.90. The van der Waals surface area contributed by atoms with Gasteiger partial charge in [0.25, 0.3) is 0 Å². The van der Waals surface area contributed by atoms with Crippen LogP contribution in [-0.4, -0.2) is 31.2 Å². The Balaban J connectivity index is 1.50. The Hall–Kier alpha value is -1.18. The average Bonchev–Trinajstić information content (AvgIpc) is 2.95. The van der Waals surface area contributed by atoms with Crippen molar-refractivity contribution in [2.45, 2.75) is 57.7 Å². The fourth-order valence-electron chi connectivity index (χ4n) is 3.19. The van der Waals surface area contributed by atoms with Crippen LogP contribution in [0, 0.1) is 12.8 Å². The van der Waals surface area contributed by atoms with Crippen molar-refractivity contribution in [2.24, 2.45) is 5.92 Å². The van der Waals surface area contributed by atoms with Crippen molar-refractivity contribution in [2.75, 3.05) is 11.9 Å². The second-order valence-electron chi connectivity index (χ2n) is 7.29. The van der Waals surface area contributed by atoms with E-state index in [2.05, 4.69) is 35.2 Å². The van der Waals surface area contributed by atoms with Crippen LogP contribution in [0.2, 0.25) is 0 Å². The SMILES string of the molecule is Cc1ccc2sc(N[C@H]3CC[C@@H](CNS(=O)(=O)C(C)C)CC3)nc2c1. The first-order valence-corrected chi connectivity index (χ1v) is 11.3. The van der Waals surface area contributed by atoms with Crippen LogP contribution >= 0.6 is 11.3 Å². The molecule has 2 N–H and O–H groups in total. The Morgan fingerprint density at radius 3 is 2.64 bits per heavy atom. The third kappa shape index (κ3) is 4.71. The second-order valence-corrected chi connectivity index (χ2v) is 10.6. The molecule has 0 aliphatic heterocycles. The van der Waals surface area contributed by atoms with Gasteiger partial charge in [-0.2, -0.15) is 0 Å². The first-order chi connectivity index (χ1) is 11.8. The van der Waals surface area contributed by atoms with Gasteiger partial charge in [-0.3, -0.25) is 0 Å². The van der Waals surface area contributed by atoms with Crippen LogP contribution in [0.25, 0.3) is 10.2 Å². The summed E-state index contributed by atoms with van der Waals surface area (Å²) >= 11 is 1.70. The van der Waals surface area contributed by atoms with Crippen LogP contribution in [-0.2, 0) is 10.0 Å². The first kappa shape index (κ1) is 18.6. The predicted octanol–water partition coefficient (Wildman–Crippen LogP) is 3.90. The van der Waals surface area contributed by atoms with Crippen molar-refractivity contribution in [1.29, 1.82) is 0 Å². The summed E-state index contributed by atoms with van der Waals surface area (Å²) in [6.07, 6.45) is 4.20. The highest BCUT2D eigenvalue weighted by Crippen LogP contribution is 2.30. The molecule has 0 amide bonds. The monoisotopic (exact) mass is 381 g/mol. The molecular formula is C18H27N3O2S2. The summed E-state index contributed by atoms with van der Waals surface area (Å²) in [5.74, 6) is 0.435. The van der Waals surface area contributed by atoms with Gasteiger partial charge in [0.05, 0.1) is 15.5 Å². The topological polar surface area (TPSA) is 71.1 Å². The minimum Gasteiger partial charge on any atom is -0.359 e. The van der Waals surface area contributed by atoms with Crippen LogP contribution in [0.4, 0.5) is 5.13 Å². The van der Waals surface area contributed by atoms with Gasteiger partial charge < -0.3 is 5.32 Å². The molecule has 0 unspecified atom stereocenters. The van der Waals surface area contributed by atoms with E-state index in [0.717, 1.165) is 36.3 Å². The molecule has 7 heteroatoms. The third-order valence-electron chi connectivity index (χ3n) is 4.91. The van der Waals surface area contributed by atoms with Crippen molar-refractivity contribution >= 4 is 36.7 Å². The standard InChI is InChI=1S/C18H27N3O2S2/c1-12(2)25(22,23)19-11-14-5-7-15(8-6-14)20-18-21-16-10-13(3)4-9-17(16)24-18/h4,9-10,12,14-15,19H,5-8,11H2,1-3H3,(H,20,21)/t14-,15+. The molecular weight excluding hydrogens is 354 g/mol. The van der Waals surface area contributed by atoms with E-state index < -0.39 is 10.0 Å². The highest BCUT2D eigenvalue weighted by Gasteiger charge is 2.24. The molecule has 1 fully saturated rings. The van der Waals surface area contributed by atoms with Gasteiger partial charge in [-0.25, -0.2) is 18.1 Å². The number of rotatable bonds is 6. The molecule has 0 atom stereocenters. The molecule has 2 aromatic rings. The van der Waals surface area contributed by atoms with Crippen LogP contribution in [0.15, 0.2) is 18.2 Å². The highest BCUT2D eigenvalue weighted by atomic mass is 32.2. The number of sulfonamides is 1. The zero-order valence-electron chi connectivity index (χ0n) is 15.1. The van der Waals surface area contributed by atoms with E-state index >= 15 is 0 Å². The molecule has 138 valence electrons. The summed E-state index contributed by atoms with van der Waals surface area (Å²) in [5.41, 5.74) is 2.29. The predicted molar refractivity (Wildman–Crippen MR) is 106 cm³/mol. The van der Waals surface area contributed by atoms with Gasteiger partial charge in [-0.15, -0.1) is 0 Å². The van der Waals surface area contributed by atoms with Gasteiger partial charge in [-0.1, -0.05) is 17.4 Å². The summed E-state index contributed by atoms with van der Waals surface area (Å²) in [7, 11) is -3.15. The van der Waals surface area contributed by atoms with E-state index in [9.17, 15) is 8.42 Å². The summed E-state index contributed by atoms with van der Waals surface area (Å²) < 4.78 is 27.7. The molecule has 1 aromatic carbocycles. The normalized spacial score (nSPS) is 21.8. The van der Waals surface area contributed by atoms with Gasteiger partial charge in [0.2, 0.25) is 10.0 Å². The number of hydrogen-bond acceptors (Lipinski definition) is 5. The van der Waals surface area contributed by atoms with Gasteiger partial charge in [0, 0.05) is 12.6 Å². The van der Waals surface area contributed by atoms with Gasteiger partial charge >= 0.3 is 0 Å². The molecule has 1 saturated carbocycles. The fourth-order valence-corrected chi connectivity index (χ4v) is 4.91. The second kappa shape index (κ2) is 7.60. The van der Waals surface area contributed by atoms with E-state index in [1.807, 2.05) is 0 Å². The minimum atomic E-state index is -3.15. The molecule has 5 nitrogen and oxygen atoms in total. The maximum absolute atomic E-state index is 11.9. The number of thiazole rings is 1. The molecule has 1 aliphatic carbocycles. The molecule has 1 aromatic heterocycles. The molecule has 1 heterocycles. The number of nitrogens with one attached hydrogen (secondary N) is 2. The molecule has 0 saturated heterocycles. The smallest absolute Gasteiger partial charge is 0.213 e. The Labute approximate surface area is 154 Å². The van der Waals surface area contributed by atoms with Crippen molar-refractivity contribution in [3.63, 3.8) is 0 Å². The lowest BCUT2D eigenvalue weighted by molar-refractivity contribution is 0.337. The lowest BCUT2D eigenvalue weighted by atomic mass is 9.86. The first-order valence-electron chi connectivity index (χ1n) is 8.95. The molecule has 0 bridgehead atoms. The van der Waals surface area contributed by atoms with Gasteiger partial charge in [-0.05, 0) is 70.1 Å². The third-order valence-corrected chi connectivity index (χ3v) is 7.69. The summed E-state index contributed by atoms with van der Waals surface area (Å²) in [6, 6.07) is 6.80. The summed E-state index contributed by atoms with van der Waals surface area (Å²) in [4.78, 5) is 4.69. The van der Waals surface area contributed by atoms with E-state index in [1.54, 1.807) is 25.2 Å².